The Kier molecular flexibility index (Phi) is 4.01. The number of aromatic nitrogens is 3. The average molecular weight is 324 g/mol. The molecule has 0 unspecified atom stereocenters. The Bertz CT molecular complexity index is 715. The molecule has 112 valence electrons. The quantitative estimate of drug-likeness (QED) is 0.842. The topological polar surface area (TPSA) is 76.1 Å². The van der Waals surface area contributed by atoms with Crippen molar-refractivity contribution in [3.05, 3.63) is 29.5 Å². The van der Waals surface area contributed by atoms with Gasteiger partial charge in [0.05, 0.1) is 17.2 Å². The van der Waals surface area contributed by atoms with Crippen LogP contribution in [0.2, 0.25) is 0 Å². The summed E-state index contributed by atoms with van der Waals surface area (Å²) < 4.78 is 23.1. The summed E-state index contributed by atoms with van der Waals surface area (Å²) in [5.74, 6) is 1.17. The van der Waals surface area contributed by atoms with Crippen LogP contribution in [-0.4, -0.2) is 52.9 Å². The highest BCUT2D eigenvalue weighted by Gasteiger charge is 2.30. The van der Waals surface area contributed by atoms with E-state index >= 15 is 0 Å². The highest BCUT2D eigenvalue weighted by atomic mass is 32.2. The summed E-state index contributed by atoms with van der Waals surface area (Å²) in [7, 11) is -0.902. The first kappa shape index (κ1) is 14.6. The fraction of sp³-hybridized carbons (Fsp3) is 0.462. The zero-order valence-electron chi connectivity index (χ0n) is 11.6. The monoisotopic (exact) mass is 324 g/mol. The summed E-state index contributed by atoms with van der Waals surface area (Å²) in [6.07, 6.45) is 4.09. The molecule has 0 saturated carbocycles. The molecule has 0 spiro atoms. The zero-order chi connectivity index (χ0) is 14.9. The highest BCUT2D eigenvalue weighted by molar-refractivity contribution is 7.91. The molecule has 0 bridgehead atoms. The molecule has 0 radical (unpaired) electrons. The molecular formula is C13H16N4O2S2. The van der Waals surface area contributed by atoms with Crippen LogP contribution in [0.15, 0.2) is 23.8 Å². The van der Waals surface area contributed by atoms with Gasteiger partial charge in [-0.2, -0.15) is 0 Å². The third kappa shape index (κ3) is 3.45. The van der Waals surface area contributed by atoms with Crippen LogP contribution in [0.5, 0.6) is 0 Å². The smallest absolute Gasteiger partial charge is 0.188 e. The van der Waals surface area contributed by atoms with Gasteiger partial charge in [0.15, 0.2) is 20.7 Å². The van der Waals surface area contributed by atoms with Crippen molar-refractivity contribution in [3.63, 3.8) is 0 Å². The fourth-order valence-corrected chi connectivity index (χ4v) is 4.96. The van der Waals surface area contributed by atoms with Gasteiger partial charge in [-0.3, -0.25) is 4.90 Å². The number of thiazole rings is 1. The van der Waals surface area contributed by atoms with Crippen molar-refractivity contribution >= 4 is 21.2 Å². The maximum atomic E-state index is 11.5. The Morgan fingerprint density at radius 1 is 1.38 bits per heavy atom. The molecule has 1 atom stereocenters. The predicted molar refractivity (Wildman–Crippen MR) is 81.7 cm³/mol. The highest BCUT2D eigenvalue weighted by Crippen LogP contribution is 2.22. The van der Waals surface area contributed by atoms with Crippen LogP contribution in [0.3, 0.4) is 0 Å². The summed E-state index contributed by atoms with van der Waals surface area (Å²) in [5.41, 5.74) is 0.925. The zero-order valence-corrected chi connectivity index (χ0v) is 13.3. The fourth-order valence-electron chi connectivity index (χ4n) is 2.40. The molecule has 2 aromatic heterocycles. The van der Waals surface area contributed by atoms with Gasteiger partial charge in [-0.1, -0.05) is 0 Å². The van der Waals surface area contributed by atoms with E-state index in [-0.39, 0.29) is 11.8 Å². The van der Waals surface area contributed by atoms with Gasteiger partial charge < -0.3 is 0 Å². The first-order valence-electron chi connectivity index (χ1n) is 6.66. The van der Waals surface area contributed by atoms with Crippen molar-refractivity contribution in [1.82, 2.24) is 19.9 Å². The Morgan fingerprint density at radius 3 is 2.81 bits per heavy atom. The largest absolute Gasteiger partial charge is 0.297 e. The number of rotatable bonds is 4. The van der Waals surface area contributed by atoms with Crippen LogP contribution in [0.1, 0.15) is 12.1 Å². The van der Waals surface area contributed by atoms with Crippen LogP contribution in [0.25, 0.3) is 10.8 Å². The minimum atomic E-state index is -2.85. The number of nitrogens with zero attached hydrogens (tertiary/aromatic N) is 4. The molecule has 3 heterocycles. The summed E-state index contributed by atoms with van der Waals surface area (Å²) in [4.78, 5) is 15.0. The maximum Gasteiger partial charge on any atom is 0.188 e. The molecule has 1 fully saturated rings. The third-order valence-electron chi connectivity index (χ3n) is 3.55. The van der Waals surface area contributed by atoms with Gasteiger partial charge in [0.1, 0.15) is 0 Å². The van der Waals surface area contributed by atoms with Gasteiger partial charge in [-0.15, -0.1) is 11.3 Å². The van der Waals surface area contributed by atoms with Crippen LogP contribution in [0, 0.1) is 0 Å². The molecule has 0 N–H and O–H groups in total. The van der Waals surface area contributed by atoms with E-state index in [4.69, 9.17) is 0 Å². The number of hydrogen-bond acceptors (Lipinski definition) is 7. The SMILES string of the molecule is CN(Cc1csc(-c2ncccn2)n1)[C@H]1CCS(=O)(=O)C1. The Hall–Kier alpha value is -1.38. The standard InChI is InChI=1S/C13H16N4O2S2/c1-17(11-3-6-21(18,19)9-11)7-10-8-20-13(16-10)12-14-4-2-5-15-12/h2,4-5,8,11H,3,6-7,9H2,1H3/t11-/m0/s1. The second-order valence-corrected chi connectivity index (χ2v) is 8.28. The molecule has 2 aromatic rings. The van der Waals surface area contributed by atoms with Gasteiger partial charge in [-0.05, 0) is 19.5 Å². The molecule has 0 aromatic carbocycles. The van der Waals surface area contributed by atoms with Crippen molar-refractivity contribution in [2.45, 2.75) is 19.0 Å². The molecule has 0 aliphatic carbocycles. The molecular weight excluding hydrogens is 308 g/mol. The van der Waals surface area contributed by atoms with Gasteiger partial charge >= 0.3 is 0 Å². The van der Waals surface area contributed by atoms with Crippen molar-refractivity contribution < 1.29 is 8.42 Å². The molecule has 1 aliphatic rings. The minimum Gasteiger partial charge on any atom is -0.297 e. The predicted octanol–water partition coefficient (Wildman–Crippen LogP) is 1.22. The average Bonchev–Trinajstić information content (AvgIpc) is 3.06. The van der Waals surface area contributed by atoms with Gasteiger partial charge in [-0.25, -0.2) is 23.4 Å². The van der Waals surface area contributed by atoms with Crippen molar-refractivity contribution in [2.75, 3.05) is 18.6 Å². The van der Waals surface area contributed by atoms with Crippen molar-refractivity contribution in [2.24, 2.45) is 0 Å². The van der Waals surface area contributed by atoms with Crippen LogP contribution >= 0.6 is 11.3 Å². The van der Waals surface area contributed by atoms with E-state index in [0.717, 1.165) is 10.7 Å². The van der Waals surface area contributed by atoms with E-state index in [0.29, 0.717) is 24.5 Å². The molecule has 6 nitrogen and oxygen atoms in total. The molecule has 0 amide bonds. The van der Waals surface area contributed by atoms with Crippen molar-refractivity contribution in [3.8, 4) is 10.8 Å². The lowest BCUT2D eigenvalue weighted by atomic mass is 10.2. The Labute approximate surface area is 127 Å². The molecule has 21 heavy (non-hydrogen) atoms. The molecule has 1 aliphatic heterocycles. The summed E-state index contributed by atoms with van der Waals surface area (Å²) in [6, 6.07) is 1.86. The lowest BCUT2D eigenvalue weighted by molar-refractivity contribution is 0.251. The molecule has 1 saturated heterocycles. The molecule has 8 heteroatoms. The van der Waals surface area contributed by atoms with E-state index in [1.807, 2.05) is 12.4 Å². The summed E-state index contributed by atoms with van der Waals surface area (Å²) in [5, 5.41) is 2.77. The van der Waals surface area contributed by atoms with E-state index in [9.17, 15) is 8.42 Å². The van der Waals surface area contributed by atoms with E-state index in [1.54, 1.807) is 18.5 Å². The van der Waals surface area contributed by atoms with Crippen molar-refractivity contribution in [1.29, 1.82) is 0 Å². The number of hydrogen-bond donors (Lipinski definition) is 0. The van der Waals surface area contributed by atoms with Crippen LogP contribution < -0.4 is 0 Å². The lowest BCUT2D eigenvalue weighted by Gasteiger charge is -2.21. The molecule has 3 rings (SSSR count). The third-order valence-corrected chi connectivity index (χ3v) is 6.19. The number of sulfone groups is 1. The van der Waals surface area contributed by atoms with Gasteiger partial charge in [0.2, 0.25) is 0 Å². The second kappa shape index (κ2) is 5.78. The van der Waals surface area contributed by atoms with Gasteiger partial charge in [0, 0.05) is 30.4 Å². The van der Waals surface area contributed by atoms with E-state index < -0.39 is 9.84 Å². The van der Waals surface area contributed by atoms with Crippen LogP contribution in [0.4, 0.5) is 0 Å². The normalized spacial score (nSPS) is 21.0. The maximum absolute atomic E-state index is 11.5. The first-order valence-corrected chi connectivity index (χ1v) is 9.36. The summed E-state index contributed by atoms with van der Waals surface area (Å²) in [6.45, 7) is 0.642. The Balaban J connectivity index is 1.68. The lowest BCUT2D eigenvalue weighted by Crippen LogP contribution is -2.32. The van der Waals surface area contributed by atoms with E-state index in [1.165, 1.54) is 11.3 Å². The minimum absolute atomic E-state index is 0.0909. The van der Waals surface area contributed by atoms with E-state index in [2.05, 4.69) is 19.9 Å². The Morgan fingerprint density at radius 2 is 2.14 bits per heavy atom. The summed E-state index contributed by atoms with van der Waals surface area (Å²) >= 11 is 1.51. The van der Waals surface area contributed by atoms with Crippen LogP contribution in [-0.2, 0) is 16.4 Å². The second-order valence-electron chi connectivity index (χ2n) is 5.19. The van der Waals surface area contributed by atoms with Gasteiger partial charge in [0.25, 0.3) is 0 Å². The first-order chi connectivity index (χ1) is 10.0.